The Kier molecular flexibility index (Phi) is 3.56. The monoisotopic (exact) mass is 217 g/mol. The summed E-state index contributed by atoms with van der Waals surface area (Å²) in [5.74, 6) is 0.528. The fourth-order valence-electron chi connectivity index (χ4n) is 2.43. The number of hydrogen-bond donors (Lipinski definition) is 1. The molecule has 3 nitrogen and oxygen atoms in total. The Bertz CT molecular complexity index is 255. The first-order chi connectivity index (χ1) is 6.24. The lowest BCUT2D eigenvalue weighted by molar-refractivity contribution is -0.149. The van der Waals surface area contributed by atoms with Crippen LogP contribution >= 0.6 is 12.4 Å². The van der Waals surface area contributed by atoms with Crippen molar-refractivity contribution in [3.63, 3.8) is 0 Å². The zero-order valence-corrected chi connectivity index (χ0v) is 9.00. The van der Waals surface area contributed by atoms with E-state index in [1.807, 2.05) is 6.92 Å². The lowest BCUT2D eigenvalue weighted by Crippen LogP contribution is -2.39. The van der Waals surface area contributed by atoms with Crippen LogP contribution in [0.3, 0.4) is 0 Å². The first-order valence-corrected chi connectivity index (χ1v) is 4.84. The van der Waals surface area contributed by atoms with Crippen LogP contribution in [0.15, 0.2) is 12.2 Å². The maximum absolute atomic E-state index is 11.5. The van der Waals surface area contributed by atoms with Crippen LogP contribution in [-0.2, 0) is 9.53 Å². The van der Waals surface area contributed by atoms with Crippen LogP contribution in [0.25, 0.3) is 0 Å². The molecule has 0 aliphatic heterocycles. The molecule has 0 aromatic carbocycles. The lowest BCUT2D eigenvalue weighted by atomic mass is 9.90. The molecule has 2 N–H and O–H groups in total. The summed E-state index contributed by atoms with van der Waals surface area (Å²) >= 11 is 0. The van der Waals surface area contributed by atoms with E-state index in [9.17, 15) is 4.79 Å². The number of carbonyl (C=O) groups excluding carboxylic acids is 1. The molecule has 2 bridgehead atoms. The van der Waals surface area contributed by atoms with Crippen molar-refractivity contribution >= 4 is 18.4 Å². The summed E-state index contributed by atoms with van der Waals surface area (Å²) < 4.78 is 5.00. The Morgan fingerprint density at radius 2 is 2.14 bits per heavy atom. The Balaban J connectivity index is 0.000000980. The molecule has 80 valence electrons. The molecule has 0 heterocycles. The van der Waals surface area contributed by atoms with E-state index >= 15 is 0 Å². The summed E-state index contributed by atoms with van der Waals surface area (Å²) in [7, 11) is 0. The van der Waals surface area contributed by atoms with E-state index in [2.05, 4.69) is 12.2 Å². The molecule has 4 atom stereocenters. The van der Waals surface area contributed by atoms with E-state index in [4.69, 9.17) is 10.5 Å². The van der Waals surface area contributed by atoms with Gasteiger partial charge in [-0.05, 0) is 25.2 Å². The van der Waals surface area contributed by atoms with Gasteiger partial charge in [-0.25, -0.2) is 0 Å². The van der Waals surface area contributed by atoms with Gasteiger partial charge in [0.25, 0.3) is 0 Å². The second kappa shape index (κ2) is 4.32. The number of fused-ring (bicyclic) bond motifs is 2. The molecule has 1 saturated carbocycles. The number of ether oxygens (including phenoxy) is 1. The van der Waals surface area contributed by atoms with E-state index in [-0.39, 0.29) is 30.3 Å². The van der Waals surface area contributed by atoms with Crippen molar-refractivity contribution in [1.82, 2.24) is 0 Å². The van der Waals surface area contributed by atoms with Gasteiger partial charge in [-0.1, -0.05) is 12.2 Å². The zero-order chi connectivity index (χ0) is 9.42. The molecule has 0 spiro atoms. The van der Waals surface area contributed by atoms with Gasteiger partial charge in [-0.2, -0.15) is 0 Å². The Hall–Kier alpha value is -0.540. The van der Waals surface area contributed by atoms with Crippen molar-refractivity contribution in [3.8, 4) is 0 Å². The molecule has 2 aliphatic rings. The van der Waals surface area contributed by atoms with Gasteiger partial charge >= 0.3 is 5.97 Å². The molecule has 2 rings (SSSR count). The SMILES string of the molecule is CCOC(=O)[C@H]1[C@@H](N)[C@H]2C=C[C@@H]1C2.Cl. The molecule has 1 fully saturated rings. The highest BCUT2D eigenvalue weighted by atomic mass is 35.5. The van der Waals surface area contributed by atoms with Gasteiger partial charge in [0, 0.05) is 6.04 Å². The number of halogens is 1. The van der Waals surface area contributed by atoms with Crippen LogP contribution in [0.5, 0.6) is 0 Å². The molecule has 0 amide bonds. The fraction of sp³-hybridized carbons (Fsp3) is 0.700. The average Bonchev–Trinajstić information content (AvgIpc) is 2.63. The second-order valence-electron chi connectivity index (χ2n) is 3.80. The van der Waals surface area contributed by atoms with Crippen molar-refractivity contribution < 1.29 is 9.53 Å². The summed E-state index contributed by atoms with van der Waals surface area (Å²) in [5, 5.41) is 0. The molecule has 0 unspecified atom stereocenters. The topological polar surface area (TPSA) is 52.3 Å². The van der Waals surface area contributed by atoms with E-state index < -0.39 is 0 Å². The highest BCUT2D eigenvalue weighted by Crippen LogP contribution is 2.43. The van der Waals surface area contributed by atoms with Crippen LogP contribution in [0.1, 0.15) is 13.3 Å². The van der Waals surface area contributed by atoms with Crippen LogP contribution < -0.4 is 5.73 Å². The standard InChI is InChI=1S/C10H15NO2.ClH/c1-2-13-10(12)8-6-3-4-7(5-6)9(8)11;/h3-4,6-9H,2,5,11H2,1H3;1H/t6-,7+,8-,9+;/m1./s1. The summed E-state index contributed by atoms with van der Waals surface area (Å²) in [6.07, 6.45) is 5.27. The molecule has 14 heavy (non-hydrogen) atoms. The maximum atomic E-state index is 11.5. The van der Waals surface area contributed by atoms with Crippen molar-refractivity contribution in [2.75, 3.05) is 6.61 Å². The van der Waals surface area contributed by atoms with Gasteiger partial charge in [0.15, 0.2) is 0 Å². The Morgan fingerprint density at radius 3 is 2.64 bits per heavy atom. The number of allylic oxidation sites excluding steroid dienone is 1. The highest BCUT2D eigenvalue weighted by Gasteiger charge is 2.46. The van der Waals surface area contributed by atoms with Crippen LogP contribution in [-0.4, -0.2) is 18.6 Å². The predicted octanol–water partition coefficient (Wildman–Crippen LogP) is 1.12. The smallest absolute Gasteiger partial charge is 0.311 e. The van der Waals surface area contributed by atoms with Crippen molar-refractivity contribution in [2.24, 2.45) is 23.5 Å². The van der Waals surface area contributed by atoms with Crippen molar-refractivity contribution in [3.05, 3.63) is 12.2 Å². The Labute approximate surface area is 90.1 Å². The van der Waals surface area contributed by atoms with Crippen LogP contribution in [0.2, 0.25) is 0 Å². The number of hydrogen-bond acceptors (Lipinski definition) is 3. The fourth-order valence-corrected chi connectivity index (χ4v) is 2.43. The molecule has 0 aromatic rings. The molecule has 4 heteroatoms. The van der Waals surface area contributed by atoms with Gasteiger partial charge in [-0.15, -0.1) is 12.4 Å². The third-order valence-corrected chi connectivity index (χ3v) is 3.08. The Morgan fingerprint density at radius 1 is 1.50 bits per heavy atom. The average molecular weight is 218 g/mol. The summed E-state index contributed by atoms with van der Waals surface area (Å²) in [4.78, 5) is 11.5. The van der Waals surface area contributed by atoms with Gasteiger partial charge < -0.3 is 10.5 Å². The molecule has 2 aliphatic carbocycles. The molecule has 0 saturated heterocycles. The summed E-state index contributed by atoms with van der Waals surface area (Å²) in [5.41, 5.74) is 5.94. The third-order valence-electron chi connectivity index (χ3n) is 3.08. The van der Waals surface area contributed by atoms with Gasteiger partial charge in [0.2, 0.25) is 0 Å². The van der Waals surface area contributed by atoms with Crippen LogP contribution in [0.4, 0.5) is 0 Å². The largest absolute Gasteiger partial charge is 0.466 e. The number of esters is 1. The van der Waals surface area contributed by atoms with Crippen LogP contribution in [0, 0.1) is 17.8 Å². The number of rotatable bonds is 2. The highest BCUT2D eigenvalue weighted by molar-refractivity contribution is 5.85. The number of nitrogens with two attached hydrogens (primary N) is 1. The second-order valence-corrected chi connectivity index (χ2v) is 3.80. The maximum Gasteiger partial charge on any atom is 0.311 e. The quantitative estimate of drug-likeness (QED) is 0.557. The van der Waals surface area contributed by atoms with Crippen molar-refractivity contribution in [2.45, 2.75) is 19.4 Å². The molecular formula is C10H16ClNO2. The van der Waals surface area contributed by atoms with E-state index in [0.717, 1.165) is 6.42 Å². The first-order valence-electron chi connectivity index (χ1n) is 4.84. The summed E-state index contributed by atoms with van der Waals surface area (Å²) in [6.45, 7) is 2.27. The minimum Gasteiger partial charge on any atom is -0.466 e. The van der Waals surface area contributed by atoms with Gasteiger partial charge in [-0.3, -0.25) is 4.79 Å². The van der Waals surface area contributed by atoms with E-state index in [1.54, 1.807) is 0 Å². The third kappa shape index (κ3) is 1.66. The molecule has 0 aromatic heterocycles. The molecule has 0 radical (unpaired) electrons. The van der Waals surface area contributed by atoms with Gasteiger partial charge in [0.1, 0.15) is 0 Å². The minimum atomic E-state index is -0.119. The summed E-state index contributed by atoms with van der Waals surface area (Å²) in [6, 6.07) is -0.0194. The van der Waals surface area contributed by atoms with E-state index in [1.165, 1.54) is 0 Å². The first kappa shape index (κ1) is 11.5. The van der Waals surface area contributed by atoms with Gasteiger partial charge in [0.05, 0.1) is 12.5 Å². The van der Waals surface area contributed by atoms with Crippen molar-refractivity contribution in [1.29, 1.82) is 0 Å². The normalized spacial score (nSPS) is 38.1. The zero-order valence-electron chi connectivity index (χ0n) is 8.18. The minimum absolute atomic E-state index is 0. The lowest BCUT2D eigenvalue weighted by Gasteiger charge is -2.22. The molecular weight excluding hydrogens is 202 g/mol. The predicted molar refractivity (Wildman–Crippen MR) is 56.1 cm³/mol. The van der Waals surface area contributed by atoms with E-state index in [0.29, 0.717) is 18.4 Å². The number of carbonyl (C=O) groups is 1.